The van der Waals surface area contributed by atoms with Gasteiger partial charge in [0.05, 0.1) is 17.6 Å². The molecule has 0 bridgehead atoms. The molecule has 0 unspecified atom stereocenters. The molecule has 1 aromatic heterocycles. The molecule has 0 radical (unpaired) electrons. The fourth-order valence-electron chi connectivity index (χ4n) is 1.10. The molecule has 0 spiro atoms. The quantitative estimate of drug-likeness (QED) is 0.657. The van der Waals surface area contributed by atoms with Crippen molar-refractivity contribution in [3.8, 4) is 0 Å². The summed E-state index contributed by atoms with van der Waals surface area (Å²) >= 11 is 1.14. The average Bonchev–Trinajstić information content (AvgIpc) is 2.63. The number of carboxylic acid groups (broad SMARTS) is 1. The Kier molecular flexibility index (Phi) is 4.16. The molecule has 7 nitrogen and oxygen atoms in total. The molecule has 1 atom stereocenters. The molecule has 17 heavy (non-hydrogen) atoms. The van der Waals surface area contributed by atoms with E-state index in [-0.39, 0.29) is 0 Å². The van der Waals surface area contributed by atoms with Gasteiger partial charge in [-0.25, -0.2) is 9.78 Å². The predicted molar refractivity (Wildman–Crippen MR) is 59.6 cm³/mol. The molecule has 1 aromatic rings. The van der Waals surface area contributed by atoms with Crippen LogP contribution in [0.3, 0.4) is 0 Å². The minimum atomic E-state index is -1.32. The molecule has 2 amide bonds. The Hall–Kier alpha value is -1.96. The second kappa shape index (κ2) is 5.39. The summed E-state index contributed by atoms with van der Waals surface area (Å²) in [5.41, 5.74) is 4.89. The van der Waals surface area contributed by atoms with Crippen LogP contribution in [0.2, 0.25) is 0 Å². The Balaban J connectivity index is 2.70. The number of nitrogens with zero attached hydrogens (tertiary/aromatic N) is 1. The third-order valence-electron chi connectivity index (χ3n) is 1.85. The first kappa shape index (κ1) is 13.1. The van der Waals surface area contributed by atoms with Gasteiger partial charge >= 0.3 is 5.97 Å². The lowest BCUT2D eigenvalue weighted by molar-refractivity contribution is -0.140. The number of amides is 2. The normalized spacial score (nSPS) is 11.8. The Labute approximate surface area is 101 Å². The van der Waals surface area contributed by atoms with Gasteiger partial charge in [-0.2, -0.15) is 0 Å². The van der Waals surface area contributed by atoms with Gasteiger partial charge in [-0.15, -0.1) is 11.3 Å². The molecule has 4 N–H and O–H groups in total. The molecule has 0 aliphatic carbocycles. The molecule has 1 rings (SSSR count). The second-order valence-corrected chi connectivity index (χ2v) is 4.51. The molecule has 1 heterocycles. The summed E-state index contributed by atoms with van der Waals surface area (Å²) in [6.45, 7) is 1.72. The van der Waals surface area contributed by atoms with E-state index in [0.717, 1.165) is 11.3 Å². The summed E-state index contributed by atoms with van der Waals surface area (Å²) in [5.74, 6) is -2.68. The average molecular weight is 257 g/mol. The van der Waals surface area contributed by atoms with Gasteiger partial charge in [-0.1, -0.05) is 0 Å². The Bertz CT molecular complexity index is 457. The van der Waals surface area contributed by atoms with E-state index in [1.54, 1.807) is 6.92 Å². The van der Waals surface area contributed by atoms with Gasteiger partial charge in [-0.3, -0.25) is 9.59 Å². The van der Waals surface area contributed by atoms with Crippen molar-refractivity contribution in [3.63, 3.8) is 0 Å². The van der Waals surface area contributed by atoms with Crippen molar-refractivity contribution < 1.29 is 19.5 Å². The summed E-state index contributed by atoms with van der Waals surface area (Å²) < 4.78 is 0. The standard InChI is InChI=1S/C9H11N3O4S/c1-4-11-3-6(17-4)8(14)12-5(9(15)16)2-7(10)13/h3,5H,2H2,1H3,(H2,10,13)(H,12,14)(H,15,16)/t5-/m1/s1. The van der Waals surface area contributed by atoms with Gasteiger partial charge in [-0.05, 0) is 6.92 Å². The van der Waals surface area contributed by atoms with Crippen molar-refractivity contribution in [1.82, 2.24) is 10.3 Å². The number of nitrogens with one attached hydrogen (secondary N) is 1. The first-order chi connectivity index (χ1) is 7.90. The highest BCUT2D eigenvalue weighted by atomic mass is 32.1. The number of primary amides is 1. The molecule has 8 heteroatoms. The van der Waals surface area contributed by atoms with Gasteiger partial charge in [0.2, 0.25) is 5.91 Å². The molecule has 92 valence electrons. The molecule has 0 aliphatic heterocycles. The smallest absolute Gasteiger partial charge is 0.326 e. The molecular weight excluding hydrogens is 246 g/mol. The van der Waals surface area contributed by atoms with E-state index < -0.39 is 30.2 Å². The fourth-order valence-corrected chi connectivity index (χ4v) is 1.78. The number of carbonyl (C=O) groups is 3. The maximum Gasteiger partial charge on any atom is 0.326 e. The zero-order chi connectivity index (χ0) is 13.0. The van der Waals surface area contributed by atoms with Gasteiger partial charge in [0.1, 0.15) is 10.9 Å². The number of carbonyl (C=O) groups excluding carboxylic acids is 2. The van der Waals surface area contributed by atoms with Crippen molar-refractivity contribution in [2.24, 2.45) is 5.73 Å². The number of hydrogen-bond donors (Lipinski definition) is 3. The van der Waals surface area contributed by atoms with Crippen molar-refractivity contribution in [3.05, 3.63) is 16.1 Å². The minimum Gasteiger partial charge on any atom is -0.480 e. The monoisotopic (exact) mass is 257 g/mol. The van der Waals surface area contributed by atoms with Gasteiger partial charge < -0.3 is 16.2 Å². The van der Waals surface area contributed by atoms with Crippen LogP contribution in [0.4, 0.5) is 0 Å². The summed E-state index contributed by atoms with van der Waals surface area (Å²) in [6, 6.07) is -1.32. The zero-order valence-corrected chi connectivity index (χ0v) is 9.78. The number of aliphatic carboxylic acids is 1. The van der Waals surface area contributed by atoms with Crippen LogP contribution in [0.15, 0.2) is 6.20 Å². The lowest BCUT2D eigenvalue weighted by atomic mass is 10.2. The highest BCUT2D eigenvalue weighted by molar-refractivity contribution is 7.13. The van der Waals surface area contributed by atoms with Crippen LogP contribution in [-0.4, -0.2) is 33.9 Å². The first-order valence-corrected chi connectivity index (χ1v) is 5.46. The third kappa shape index (κ3) is 3.83. The van der Waals surface area contributed by atoms with Crippen LogP contribution < -0.4 is 11.1 Å². The first-order valence-electron chi connectivity index (χ1n) is 4.64. The van der Waals surface area contributed by atoms with Crippen LogP contribution in [0.1, 0.15) is 21.1 Å². The fraction of sp³-hybridized carbons (Fsp3) is 0.333. The van der Waals surface area contributed by atoms with E-state index in [1.807, 2.05) is 0 Å². The van der Waals surface area contributed by atoms with Crippen molar-refractivity contribution >= 4 is 29.1 Å². The third-order valence-corrected chi connectivity index (χ3v) is 2.77. The number of carboxylic acids is 1. The van der Waals surface area contributed by atoms with Crippen LogP contribution in [0, 0.1) is 6.92 Å². The number of rotatable bonds is 5. The van der Waals surface area contributed by atoms with Gasteiger partial charge in [0.15, 0.2) is 0 Å². The number of aryl methyl sites for hydroxylation is 1. The minimum absolute atomic E-state index is 0.290. The summed E-state index contributed by atoms with van der Waals surface area (Å²) in [5, 5.41) is 11.7. The highest BCUT2D eigenvalue weighted by Crippen LogP contribution is 2.11. The van der Waals surface area contributed by atoms with E-state index in [1.165, 1.54) is 6.20 Å². The van der Waals surface area contributed by atoms with E-state index in [2.05, 4.69) is 10.3 Å². The number of hydrogen-bond acceptors (Lipinski definition) is 5. The Morgan fingerprint density at radius 3 is 2.65 bits per heavy atom. The Morgan fingerprint density at radius 1 is 1.59 bits per heavy atom. The topological polar surface area (TPSA) is 122 Å². The lowest BCUT2D eigenvalue weighted by Gasteiger charge is -2.11. The number of thiazole rings is 1. The maximum absolute atomic E-state index is 11.6. The van der Waals surface area contributed by atoms with Gasteiger partial charge in [0, 0.05) is 0 Å². The molecule has 0 aliphatic rings. The maximum atomic E-state index is 11.6. The van der Waals surface area contributed by atoms with E-state index >= 15 is 0 Å². The summed E-state index contributed by atoms with van der Waals surface area (Å²) in [7, 11) is 0. The Morgan fingerprint density at radius 2 is 2.24 bits per heavy atom. The molecule has 0 saturated heterocycles. The number of nitrogens with two attached hydrogens (primary N) is 1. The predicted octanol–water partition coefficient (Wildman–Crippen LogP) is -0.490. The van der Waals surface area contributed by atoms with E-state index in [9.17, 15) is 14.4 Å². The molecule has 0 aromatic carbocycles. The lowest BCUT2D eigenvalue weighted by Crippen LogP contribution is -2.43. The van der Waals surface area contributed by atoms with Crippen LogP contribution in [0.5, 0.6) is 0 Å². The number of aromatic nitrogens is 1. The van der Waals surface area contributed by atoms with Crippen molar-refractivity contribution in [1.29, 1.82) is 0 Å². The van der Waals surface area contributed by atoms with E-state index in [4.69, 9.17) is 10.8 Å². The summed E-state index contributed by atoms with van der Waals surface area (Å²) in [6.07, 6.45) is 0.900. The summed E-state index contributed by atoms with van der Waals surface area (Å²) in [4.78, 5) is 37.2. The highest BCUT2D eigenvalue weighted by Gasteiger charge is 2.23. The van der Waals surface area contributed by atoms with Gasteiger partial charge in [0.25, 0.3) is 5.91 Å². The van der Waals surface area contributed by atoms with Crippen LogP contribution >= 0.6 is 11.3 Å². The van der Waals surface area contributed by atoms with Crippen LogP contribution in [0.25, 0.3) is 0 Å². The molecule has 0 fully saturated rings. The SMILES string of the molecule is Cc1ncc(C(=O)N[C@H](CC(N)=O)C(=O)O)s1. The van der Waals surface area contributed by atoms with Crippen molar-refractivity contribution in [2.75, 3.05) is 0 Å². The molecule has 0 saturated carbocycles. The molecular formula is C9H11N3O4S. The largest absolute Gasteiger partial charge is 0.480 e. The van der Waals surface area contributed by atoms with E-state index in [0.29, 0.717) is 9.88 Å². The second-order valence-electron chi connectivity index (χ2n) is 3.28. The zero-order valence-electron chi connectivity index (χ0n) is 8.97. The van der Waals surface area contributed by atoms with Crippen LogP contribution in [-0.2, 0) is 9.59 Å². The van der Waals surface area contributed by atoms with Crippen molar-refractivity contribution in [2.45, 2.75) is 19.4 Å².